The second-order valence-electron chi connectivity index (χ2n) is 11.3. The van der Waals surface area contributed by atoms with E-state index in [1.807, 2.05) is 41.5 Å². The molecule has 0 bridgehead atoms. The van der Waals surface area contributed by atoms with Gasteiger partial charge in [-0.15, -0.1) is 0 Å². The van der Waals surface area contributed by atoms with Crippen LogP contribution in [0.3, 0.4) is 0 Å². The second kappa shape index (κ2) is 6.89. The van der Waals surface area contributed by atoms with Gasteiger partial charge in [-0.3, -0.25) is 9.59 Å². The lowest BCUT2D eigenvalue weighted by atomic mass is 9.75. The van der Waals surface area contributed by atoms with Gasteiger partial charge in [-0.25, -0.2) is 4.79 Å². The predicted molar refractivity (Wildman–Crippen MR) is 105 cm³/mol. The Morgan fingerprint density at radius 2 is 1.67 bits per heavy atom. The molecule has 1 saturated carbocycles. The molecule has 0 radical (unpaired) electrons. The summed E-state index contributed by atoms with van der Waals surface area (Å²) in [5.41, 5.74) is -0.390. The summed E-state index contributed by atoms with van der Waals surface area (Å²) in [6, 6.07) is -0.523. The van der Waals surface area contributed by atoms with Gasteiger partial charge in [-0.05, 0) is 22.2 Å². The first-order valence-corrected chi connectivity index (χ1v) is 10.0. The summed E-state index contributed by atoms with van der Waals surface area (Å²) in [5, 5.41) is 0. The van der Waals surface area contributed by atoms with E-state index in [9.17, 15) is 14.4 Å². The minimum Gasteiger partial charge on any atom is -0.467 e. The van der Waals surface area contributed by atoms with Gasteiger partial charge in [0.1, 0.15) is 11.8 Å². The highest BCUT2D eigenvalue weighted by atomic mass is 16.5. The normalized spacial score (nSPS) is 27.7. The highest BCUT2D eigenvalue weighted by molar-refractivity contribution is 5.91. The summed E-state index contributed by atoms with van der Waals surface area (Å²) in [4.78, 5) is 40.2. The van der Waals surface area contributed by atoms with E-state index in [1.165, 1.54) is 7.11 Å². The fraction of sp³-hybridized carbons (Fsp3) is 0.864. The monoisotopic (exact) mass is 379 g/mol. The lowest BCUT2D eigenvalue weighted by Gasteiger charge is -2.37. The summed E-state index contributed by atoms with van der Waals surface area (Å²) in [5.74, 6) is -0.260. The zero-order valence-electron chi connectivity index (χ0n) is 18.5. The maximum absolute atomic E-state index is 13.5. The first-order chi connectivity index (χ1) is 12.1. The standard InChI is InChI=1S/C22H37NO4/c1-20(2,3)11-13(24)10-14(21(4,5)6)18(25)23-12-15-16(22(15,7)8)17(23)19(26)27-9/h14-17H,10-12H2,1-9H3/t14-,15?,16+,17+/m1/s1. The lowest BCUT2D eigenvalue weighted by Crippen LogP contribution is -2.50. The largest absolute Gasteiger partial charge is 0.467 e. The van der Waals surface area contributed by atoms with Gasteiger partial charge in [-0.1, -0.05) is 55.4 Å². The van der Waals surface area contributed by atoms with Crippen molar-refractivity contribution in [3.8, 4) is 0 Å². The lowest BCUT2D eigenvalue weighted by molar-refractivity contribution is -0.156. The van der Waals surface area contributed by atoms with Crippen LogP contribution in [0.4, 0.5) is 0 Å². The van der Waals surface area contributed by atoms with Gasteiger partial charge >= 0.3 is 5.97 Å². The smallest absolute Gasteiger partial charge is 0.328 e. The number of methoxy groups -OCH3 is 1. The van der Waals surface area contributed by atoms with E-state index in [4.69, 9.17) is 4.74 Å². The molecule has 0 spiro atoms. The van der Waals surface area contributed by atoms with Gasteiger partial charge < -0.3 is 9.64 Å². The van der Waals surface area contributed by atoms with Crippen molar-refractivity contribution in [2.75, 3.05) is 13.7 Å². The van der Waals surface area contributed by atoms with Gasteiger partial charge in [0.25, 0.3) is 0 Å². The number of amides is 1. The van der Waals surface area contributed by atoms with Gasteiger partial charge in [0, 0.05) is 31.2 Å². The Morgan fingerprint density at radius 1 is 1.11 bits per heavy atom. The van der Waals surface area contributed by atoms with Crippen molar-refractivity contribution in [2.45, 2.75) is 74.3 Å². The van der Waals surface area contributed by atoms with Crippen LogP contribution in [-0.2, 0) is 19.1 Å². The van der Waals surface area contributed by atoms with Crippen molar-refractivity contribution in [1.29, 1.82) is 0 Å². The van der Waals surface area contributed by atoms with Gasteiger partial charge in [-0.2, -0.15) is 0 Å². The van der Waals surface area contributed by atoms with E-state index < -0.39 is 12.0 Å². The summed E-state index contributed by atoms with van der Waals surface area (Å²) in [7, 11) is 1.38. The van der Waals surface area contributed by atoms with Crippen molar-refractivity contribution in [3.63, 3.8) is 0 Å². The van der Waals surface area contributed by atoms with Gasteiger partial charge in [0.05, 0.1) is 7.11 Å². The maximum Gasteiger partial charge on any atom is 0.328 e. The summed E-state index contributed by atoms with van der Waals surface area (Å²) < 4.78 is 5.02. The van der Waals surface area contributed by atoms with E-state index in [0.29, 0.717) is 18.9 Å². The first-order valence-electron chi connectivity index (χ1n) is 10.0. The Labute approximate surface area is 164 Å². The molecular formula is C22H37NO4. The molecule has 1 unspecified atom stereocenters. The number of carbonyl (C=O) groups is 3. The van der Waals surface area contributed by atoms with Crippen molar-refractivity contribution in [2.24, 2.45) is 34.0 Å². The minimum absolute atomic E-state index is 0.0644. The molecule has 154 valence electrons. The van der Waals surface area contributed by atoms with Crippen molar-refractivity contribution < 1.29 is 19.1 Å². The minimum atomic E-state index is -0.523. The molecule has 4 atom stereocenters. The Balaban J connectivity index is 2.23. The van der Waals surface area contributed by atoms with E-state index in [-0.39, 0.29) is 46.2 Å². The number of fused-ring (bicyclic) bond motifs is 1. The molecular weight excluding hydrogens is 342 g/mol. The molecule has 0 aromatic carbocycles. The molecule has 0 aromatic heterocycles. The number of likely N-dealkylation sites (tertiary alicyclic amines) is 1. The molecule has 5 heteroatoms. The Kier molecular flexibility index (Phi) is 5.59. The van der Waals surface area contributed by atoms with Crippen molar-refractivity contribution in [1.82, 2.24) is 4.90 Å². The van der Waals surface area contributed by atoms with Crippen molar-refractivity contribution in [3.05, 3.63) is 0 Å². The molecule has 5 nitrogen and oxygen atoms in total. The Morgan fingerprint density at radius 3 is 2.11 bits per heavy atom. The second-order valence-corrected chi connectivity index (χ2v) is 11.3. The fourth-order valence-corrected chi connectivity index (χ4v) is 4.76. The Hall–Kier alpha value is -1.39. The summed E-state index contributed by atoms with van der Waals surface area (Å²) in [6.07, 6.45) is 0.675. The number of hydrogen-bond acceptors (Lipinski definition) is 4. The van der Waals surface area contributed by atoms with Crippen molar-refractivity contribution >= 4 is 17.7 Å². The van der Waals surface area contributed by atoms with Crippen LogP contribution >= 0.6 is 0 Å². The molecule has 0 aromatic rings. The maximum atomic E-state index is 13.5. The van der Waals surface area contributed by atoms with E-state index in [0.717, 1.165) is 0 Å². The third kappa shape index (κ3) is 4.38. The summed E-state index contributed by atoms with van der Waals surface area (Å²) >= 11 is 0. The number of rotatable bonds is 5. The van der Waals surface area contributed by atoms with Gasteiger partial charge in [0.15, 0.2) is 0 Å². The van der Waals surface area contributed by atoms with Crippen LogP contribution in [0.1, 0.15) is 68.2 Å². The van der Waals surface area contributed by atoms with Crippen LogP contribution in [-0.4, -0.2) is 42.3 Å². The van der Waals surface area contributed by atoms with E-state index in [2.05, 4.69) is 13.8 Å². The number of esters is 1. The molecule has 2 fully saturated rings. The molecule has 0 N–H and O–H groups in total. The highest BCUT2D eigenvalue weighted by Gasteiger charge is 2.70. The topological polar surface area (TPSA) is 63.7 Å². The van der Waals surface area contributed by atoms with Crippen LogP contribution in [0.15, 0.2) is 0 Å². The first kappa shape index (κ1) is 21.9. The molecule has 1 heterocycles. The molecule has 1 saturated heterocycles. The van der Waals surface area contributed by atoms with Crippen LogP contribution in [0.2, 0.25) is 0 Å². The average Bonchev–Trinajstić information content (AvgIpc) is 2.85. The number of nitrogens with zero attached hydrogens (tertiary/aromatic N) is 1. The highest BCUT2D eigenvalue weighted by Crippen LogP contribution is 2.65. The van der Waals surface area contributed by atoms with E-state index >= 15 is 0 Å². The number of ketones is 1. The zero-order chi connectivity index (χ0) is 20.9. The number of piperidine rings is 1. The quantitative estimate of drug-likeness (QED) is 0.683. The SMILES string of the molecule is COC(=O)[C@@H]1[C@@H]2C(CN1C(=O)[C@@H](CC(=O)CC(C)(C)C)C(C)(C)C)C2(C)C. The molecule has 2 rings (SSSR count). The third-order valence-electron chi connectivity index (χ3n) is 6.44. The third-order valence-corrected chi connectivity index (χ3v) is 6.44. The predicted octanol–water partition coefficient (Wildman–Crippen LogP) is 3.70. The molecule has 2 aliphatic rings. The number of ether oxygens (including phenoxy) is 1. The molecule has 27 heavy (non-hydrogen) atoms. The zero-order valence-corrected chi connectivity index (χ0v) is 18.5. The van der Waals surface area contributed by atoms with Crippen LogP contribution in [0, 0.1) is 34.0 Å². The molecule has 1 amide bonds. The van der Waals surface area contributed by atoms with Crippen LogP contribution < -0.4 is 0 Å². The van der Waals surface area contributed by atoms with Gasteiger partial charge in [0.2, 0.25) is 5.91 Å². The van der Waals surface area contributed by atoms with Crippen LogP contribution in [0.5, 0.6) is 0 Å². The average molecular weight is 380 g/mol. The number of hydrogen-bond donors (Lipinski definition) is 0. The molecule has 1 aliphatic heterocycles. The number of Topliss-reactive ketones (excluding diaryl/α,β-unsaturated/α-hetero) is 1. The molecule has 1 aliphatic carbocycles. The summed E-state index contributed by atoms with van der Waals surface area (Å²) in [6.45, 7) is 16.9. The van der Waals surface area contributed by atoms with Crippen LogP contribution in [0.25, 0.3) is 0 Å². The fourth-order valence-electron chi connectivity index (χ4n) is 4.76. The number of carbonyl (C=O) groups excluding carboxylic acids is 3. The Bertz CT molecular complexity index is 623. The van der Waals surface area contributed by atoms with E-state index in [1.54, 1.807) is 4.90 Å².